The molecule has 33 heavy (non-hydrogen) atoms. The van der Waals surface area contributed by atoms with Gasteiger partial charge in [-0.2, -0.15) is 0 Å². The molecule has 2 amide bonds. The zero-order chi connectivity index (χ0) is 23.4. The SMILES string of the molecule is COc1ccc(CN(Cc2ccc3sc(C(=O)Nc4ccccc4N)cc3c2)C(C)=O)cc1. The second-order valence-electron chi connectivity index (χ2n) is 7.75. The highest BCUT2D eigenvalue weighted by molar-refractivity contribution is 7.20. The third kappa shape index (κ3) is 5.32. The summed E-state index contributed by atoms with van der Waals surface area (Å²) >= 11 is 1.43. The van der Waals surface area contributed by atoms with Gasteiger partial charge in [0.15, 0.2) is 0 Å². The summed E-state index contributed by atoms with van der Waals surface area (Å²) in [6.45, 7) is 2.56. The molecule has 0 radical (unpaired) electrons. The van der Waals surface area contributed by atoms with E-state index in [-0.39, 0.29) is 11.8 Å². The normalized spacial score (nSPS) is 10.7. The second-order valence-corrected chi connectivity index (χ2v) is 8.83. The van der Waals surface area contributed by atoms with E-state index in [9.17, 15) is 9.59 Å². The molecule has 0 aliphatic rings. The Bertz CT molecular complexity index is 1300. The van der Waals surface area contributed by atoms with Gasteiger partial charge in [0.2, 0.25) is 5.91 Å². The van der Waals surface area contributed by atoms with Crippen molar-refractivity contribution in [2.75, 3.05) is 18.2 Å². The Morgan fingerprint density at radius 1 is 0.970 bits per heavy atom. The number of benzene rings is 3. The minimum absolute atomic E-state index is 0.00301. The van der Waals surface area contributed by atoms with Crippen LogP contribution in [0.25, 0.3) is 10.1 Å². The Balaban J connectivity index is 1.50. The zero-order valence-corrected chi connectivity index (χ0v) is 19.3. The summed E-state index contributed by atoms with van der Waals surface area (Å²) in [4.78, 5) is 27.4. The first kappa shape index (κ1) is 22.4. The molecule has 1 heterocycles. The molecule has 0 spiro atoms. The molecule has 3 aromatic carbocycles. The van der Waals surface area contributed by atoms with Crippen LogP contribution in [-0.4, -0.2) is 23.8 Å². The number of methoxy groups -OCH3 is 1. The van der Waals surface area contributed by atoms with Crippen molar-refractivity contribution < 1.29 is 14.3 Å². The van der Waals surface area contributed by atoms with E-state index >= 15 is 0 Å². The Kier molecular flexibility index (Phi) is 6.60. The summed E-state index contributed by atoms with van der Waals surface area (Å²) in [5, 5.41) is 3.84. The number of anilines is 2. The van der Waals surface area contributed by atoms with Crippen LogP contribution in [0.1, 0.15) is 27.7 Å². The molecule has 0 saturated heterocycles. The number of thiophene rings is 1. The van der Waals surface area contributed by atoms with E-state index < -0.39 is 0 Å². The van der Waals surface area contributed by atoms with E-state index in [1.807, 2.05) is 60.7 Å². The predicted molar refractivity (Wildman–Crippen MR) is 134 cm³/mol. The van der Waals surface area contributed by atoms with Gasteiger partial charge in [-0.1, -0.05) is 30.3 Å². The minimum Gasteiger partial charge on any atom is -0.497 e. The highest BCUT2D eigenvalue weighted by atomic mass is 32.1. The Labute approximate surface area is 196 Å². The summed E-state index contributed by atoms with van der Waals surface area (Å²) in [7, 11) is 1.63. The molecular weight excluding hydrogens is 434 g/mol. The molecule has 0 atom stereocenters. The molecule has 7 heteroatoms. The van der Waals surface area contributed by atoms with Gasteiger partial charge in [0.1, 0.15) is 5.75 Å². The van der Waals surface area contributed by atoms with Crippen molar-refractivity contribution in [3.8, 4) is 5.75 Å². The van der Waals surface area contributed by atoms with Crippen LogP contribution in [0.3, 0.4) is 0 Å². The lowest BCUT2D eigenvalue weighted by atomic mass is 10.1. The fourth-order valence-corrected chi connectivity index (χ4v) is 4.49. The lowest BCUT2D eigenvalue weighted by Crippen LogP contribution is -2.27. The number of hydrogen-bond acceptors (Lipinski definition) is 5. The van der Waals surface area contributed by atoms with E-state index in [0.717, 1.165) is 27.0 Å². The van der Waals surface area contributed by atoms with Crippen LogP contribution in [-0.2, 0) is 17.9 Å². The molecule has 0 fully saturated rings. The van der Waals surface area contributed by atoms with Crippen LogP contribution in [0, 0.1) is 0 Å². The van der Waals surface area contributed by atoms with Crippen molar-refractivity contribution in [3.63, 3.8) is 0 Å². The number of nitrogens with one attached hydrogen (secondary N) is 1. The fraction of sp³-hybridized carbons (Fsp3) is 0.154. The maximum Gasteiger partial charge on any atom is 0.265 e. The number of hydrogen-bond donors (Lipinski definition) is 2. The summed E-state index contributed by atoms with van der Waals surface area (Å²) in [5.74, 6) is 0.586. The molecule has 0 aliphatic carbocycles. The highest BCUT2D eigenvalue weighted by Gasteiger charge is 2.14. The largest absolute Gasteiger partial charge is 0.497 e. The summed E-state index contributed by atoms with van der Waals surface area (Å²) in [6.07, 6.45) is 0. The number of nitrogens with two attached hydrogens (primary N) is 1. The first-order chi connectivity index (χ1) is 15.9. The van der Waals surface area contributed by atoms with E-state index in [2.05, 4.69) is 5.32 Å². The lowest BCUT2D eigenvalue weighted by molar-refractivity contribution is -0.130. The molecule has 0 aliphatic heterocycles. The molecule has 4 aromatic rings. The number of amides is 2. The number of nitrogens with zero attached hydrogens (tertiary/aromatic N) is 1. The third-order valence-corrected chi connectivity index (χ3v) is 6.48. The maximum atomic E-state index is 12.7. The number of rotatable bonds is 7. The fourth-order valence-electron chi connectivity index (χ4n) is 3.55. The van der Waals surface area contributed by atoms with Gasteiger partial charge in [-0.15, -0.1) is 11.3 Å². The van der Waals surface area contributed by atoms with Crippen molar-refractivity contribution in [3.05, 3.63) is 88.8 Å². The predicted octanol–water partition coefficient (Wildman–Crippen LogP) is 5.29. The van der Waals surface area contributed by atoms with Crippen LogP contribution in [0.2, 0.25) is 0 Å². The summed E-state index contributed by atoms with van der Waals surface area (Å²) < 4.78 is 6.21. The summed E-state index contributed by atoms with van der Waals surface area (Å²) in [6, 6.07) is 22.8. The molecule has 3 N–H and O–H groups in total. The van der Waals surface area contributed by atoms with Crippen LogP contribution in [0.15, 0.2) is 72.8 Å². The Morgan fingerprint density at radius 2 is 1.67 bits per heavy atom. The molecule has 168 valence electrons. The van der Waals surface area contributed by atoms with Gasteiger partial charge >= 0.3 is 0 Å². The smallest absolute Gasteiger partial charge is 0.265 e. The van der Waals surface area contributed by atoms with E-state index in [1.54, 1.807) is 31.1 Å². The van der Waals surface area contributed by atoms with Gasteiger partial charge in [0.25, 0.3) is 5.91 Å². The average molecular weight is 460 g/mol. The number of carbonyl (C=O) groups excluding carboxylic acids is 2. The lowest BCUT2D eigenvalue weighted by Gasteiger charge is -2.21. The molecule has 6 nitrogen and oxygen atoms in total. The average Bonchev–Trinajstić information content (AvgIpc) is 3.24. The van der Waals surface area contributed by atoms with Gasteiger partial charge in [0.05, 0.1) is 23.4 Å². The van der Waals surface area contributed by atoms with Crippen LogP contribution in [0.5, 0.6) is 5.75 Å². The number of nitrogen functional groups attached to an aromatic ring is 1. The summed E-state index contributed by atoms with van der Waals surface area (Å²) in [5.41, 5.74) is 9.08. The molecule has 0 saturated carbocycles. The highest BCUT2D eigenvalue weighted by Crippen LogP contribution is 2.28. The van der Waals surface area contributed by atoms with Crippen LogP contribution >= 0.6 is 11.3 Å². The zero-order valence-electron chi connectivity index (χ0n) is 18.5. The first-order valence-electron chi connectivity index (χ1n) is 10.5. The standard InChI is InChI=1S/C26H25N3O3S/c1-17(30)29(15-18-7-10-21(32-2)11-8-18)16-19-9-12-24-20(13-19)14-25(33-24)26(31)28-23-6-4-3-5-22(23)27/h3-14H,15-16,27H2,1-2H3,(H,28,31). The first-order valence-corrected chi connectivity index (χ1v) is 11.3. The number of fused-ring (bicyclic) bond motifs is 1. The third-order valence-electron chi connectivity index (χ3n) is 5.36. The Morgan fingerprint density at radius 3 is 2.36 bits per heavy atom. The molecule has 4 rings (SSSR count). The van der Waals surface area contributed by atoms with Crippen molar-refractivity contribution in [1.29, 1.82) is 0 Å². The van der Waals surface area contributed by atoms with Crippen LogP contribution < -0.4 is 15.8 Å². The van der Waals surface area contributed by atoms with E-state index in [4.69, 9.17) is 10.5 Å². The number of para-hydroxylation sites is 2. The maximum absolute atomic E-state index is 12.7. The van der Waals surface area contributed by atoms with E-state index in [0.29, 0.717) is 29.3 Å². The quantitative estimate of drug-likeness (QED) is 0.368. The second kappa shape index (κ2) is 9.75. The van der Waals surface area contributed by atoms with Gasteiger partial charge in [0, 0.05) is 24.7 Å². The van der Waals surface area contributed by atoms with Gasteiger partial charge in [-0.25, -0.2) is 0 Å². The number of carbonyl (C=O) groups is 2. The molecule has 0 bridgehead atoms. The van der Waals surface area contributed by atoms with Gasteiger partial charge in [-0.05, 0) is 59.0 Å². The Hall–Kier alpha value is -3.84. The van der Waals surface area contributed by atoms with Crippen molar-refractivity contribution >= 4 is 44.6 Å². The molecule has 1 aromatic heterocycles. The van der Waals surface area contributed by atoms with Crippen molar-refractivity contribution in [2.24, 2.45) is 0 Å². The van der Waals surface area contributed by atoms with Gasteiger partial charge < -0.3 is 20.7 Å². The molecular formula is C26H25N3O3S. The molecule has 0 unspecified atom stereocenters. The van der Waals surface area contributed by atoms with Crippen molar-refractivity contribution in [2.45, 2.75) is 20.0 Å². The topological polar surface area (TPSA) is 84.7 Å². The van der Waals surface area contributed by atoms with E-state index in [1.165, 1.54) is 11.3 Å². The monoisotopic (exact) mass is 459 g/mol. The van der Waals surface area contributed by atoms with Crippen LogP contribution in [0.4, 0.5) is 11.4 Å². The number of ether oxygens (including phenoxy) is 1. The minimum atomic E-state index is -0.194. The van der Waals surface area contributed by atoms with Gasteiger partial charge in [-0.3, -0.25) is 9.59 Å². The van der Waals surface area contributed by atoms with Crippen molar-refractivity contribution in [1.82, 2.24) is 4.90 Å².